The SMILES string of the molecule is CC1CCC[N+]1(Cc1ccc2cc(C(N)=O)ccc2n1)c1cc(NC(=O)c2ccc3c(c2)OCCO3)ccc1F. The van der Waals surface area contributed by atoms with Crippen molar-refractivity contribution in [2.45, 2.75) is 32.4 Å². The van der Waals surface area contributed by atoms with E-state index in [1.165, 1.54) is 6.07 Å². The van der Waals surface area contributed by atoms with Gasteiger partial charge in [-0.15, -0.1) is 0 Å². The first kappa shape index (κ1) is 25.8. The molecule has 0 spiro atoms. The number of halogens is 1. The van der Waals surface area contributed by atoms with Crippen molar-refractivity contribution < 1.29 is 23.5 Å². The number of nitrogens with two attached hydrogens (primary N) is 1. The second-order valence-corrected chi connectivity index (χ2v) is 10.5. The van der Waals surface area contributed by atoms with Gasteiger partial charge in [-0.3, -0.25) is 14.1 Å². The molecule has 3 aromatic carbocycles. The quantitative estimate of drug-likeness (QED) is 0.327. The molecule has 0 bridgehead atoms. The summed E-state index contributed by atoms with van der Waals surface area (Å²) in [4.78, 5) is 29.5. The summed E-state index contributed by atoms with van der Waals surface area (Å²) in [5.41, 5.74) is 8.87. The Morgan fingerprint density at radius 3 is 2.58 bits per heavy atom. The van der Waals surface area contributed by atoms with E-state index in [0.29, 0.717) is 58.2 Å². The Balaban J connectivity index is 1.30. The van der Waals surface area contributed by atoms with Crippen LogP contribution in [0.1, 0.15) is 46.2 Å². The number of nitrogens with zero attached hydrogens (tertiary/aromatic N) is 2. The van der Waals surface area contributed by atoms with E-state index in [-0.39, 0.29) is 17.8 Å². The van der Waals surface area contributed by atoms with Gasteiger partial charge in [-0.1, -0.05) is 6.07 Å². The Hall–Kier alpha value is -4.50. The minimum absolute atomic E-state index is 0.146. The fourth-order valence-corrected chi connectivity index (χ4v) is 5.83. The summed E-state index contributed by atoms with van der Waals surface area (Å²) >= 11 is 0. The molecule has 4 aromatic rings. The molecule has 9 heteroatoms. The Labute approximate surface area is 231 Å². The van der Waals surface area contributed by atoms with Crippen molar-refractivity contribution in [1.82, 2.24) is 9.47 Å². The second-order valence-electron chi connectivity index (χ2n) is 10.5. The standard InChI is InChI=1S/C31H29FN4O4/c1-19-3-2-12-36(19,18-24-7-4-20-15-21(30(33)37)5-10-26(20)34-24)27-17-23(8-9-25(27)32)35-31(38)22-6-11-28-29(16-22)40-14-13-39-28/h4-11,15-17,19H,2-3,12-14,18H2,1H3,(H2-,33,35,37,38)/p+1. The summed E-state index contributed by atoms with van der Waals surface area (Å²) in [7, 11) is 0. The molecule has 3 N–H and O–H groups in total. The number of hydrogen-bond acceptors (Lipinski definition) is 5. The number of hydrogen-bond donors (Lipinski definition) is 2. The Bertz CT molecular complexity index is 1640. The fourth-order valence-electron chi connectivity index (χ4n) is 5.83. The van der Waals surface area contributed by atoms with Crippen LogP contribution in [-0.4, -0.2) is 42.6 Å². The first-order chi connectivity index (χ1) is 19.3. The van der Waals surface area contributed by atoms with Crippen LogP contribution in [0.2, 0.25) is 0 Å². The zero-order valence-corrected chi connectivity index (χ0v) is 22.2. The van der Waals surface area contributed by atoms with Gasteiger partial charge in [0.05, 0.1) is 23.8 Å². The number of primary amides is 1. The number of rotatable bonds is 6. The van der Waals surface area contributed by atoms with Gasteiger partial charge < -0.3 is 20.5 Å². The number of carbonyl (C=O) groups is 2. The van der Waals surface area contributed by atoms with Crippen LogP contribution in [0.15, 0.2) is 66.7 Å². The minimum atomic E-state index is -0.488. The first-order valence-electron chi connectivity index (χ1n) is 13.4. The molecule has 0 radical (unpaired) electrons. The molecule has 2 amide bonds. The normalized spacial score (nSPS) is 19.9. The molecule has 1 aromatic heterocycles. The Kier molecular flexibility index (Phi) is 6.59. The summed E-state index contributed by atoms with van der Waals surface area (Å²) in [5, 5.41) is 3.74. The highest BCUT2D eigenvalue weighted by Crippen LogP contribution is 2.40. The van der Waals surface area contributed by atoms with Gasteiger partial charge in [0, 0.05) is 41.1 Å². The van der Waals surface area contributed by atoms with Crippen molar-refractivity contribution in [3.63, 3.8) is 0 Å². The molecule has 1 saturated heterocycles. The van der Waals surface area contributed by atoms with E-state index in [1.54, 1.807) is 48.5 Å². The minimum Gasteiger partial charge on any atom is -0.486 e. The van der Waals surface area contributed by atoms with Crippen LogP contribution in [0.5, 0.6) is 11.5 Å². The van der Waals surface area contributed by atoms with Crippen molar-refractivity contribution in [2.75, 3.05) is 25.1 Å². The van der Waals surface area contributed by atoms with E-state index in [4.69, 9.17) is 20.2 Å². The summed E-state index contributed by atoms with van der Waals surface area (Å²) in [6, 6.07) is 19.0. The highest BCUT2D eigenvalue weighted by molar-refractivity contribution is 6.05. The average molecular weight is 542 g/mol. The van der Waals surface area contributed by atoms with E-state index in [9.17, 15) is 9.59 Å². The highest BCUT2D eigenvalue weighted by atomic mass is 19.1. The summed E-state index contributed by atoms with van der Waals surface area (Å²) in [6.07, 6.45) is 1.90. The second kappa shape index (κ2) is 10.2. The molecule has 8 nitrogen and oxygen atoms in total. The maximum absolute atomic E-state index is 15.5. The fraction of sp³-hybridized carbons (Fsp3) is 0.258. The van der Waals surface area contributed by atoms with Crippen LogP contribution < -0.4 is 25.0 Å². The van der Waals surface area contributed by atoms with Crippen molar-refractivity contribution in [3.05, 3.63) is 89.4 Å². The number of benzene rings is 3. The number of ether oxygens (including phenoxy) is 2. The number of anilines is 1. The zero-order valence-electron chi connectivity index (χ0n) is 22.2. The van der Waals surface area contributed by atoms with Gasteiger partial charge in [0.15, 0.2) is 23.0 Å². The van der Waals surface area contributed by atoms with Gasteiger partial charge in [0.2, 0.25) is 5.91 Å². The number of pyridine rings is 1. The smallest absolute Gasteiger partial charge is 0.255 e. The van der Waals surface area contributed by atoms with Gasteiger partial charge in [0.25, 0.3) is 5.91 Å². The summed E-state index contributed by atoms with van der Waals surface area (Å²) < 4.78 is 27.1. The lowest BCUT2D eigenvalue weighted by Crippen LogP contribution is -2.51. The molecule has 40 heavy (non-hydrogen) atoms. The van der Waals surface area contributed by atoms with Gasteiger partial charge in [0.1, 0.15) is 19.8 Å². The van der Waals surface area contributed by atoms with E-state index >= 15 is 4.39 Å². The van der Waals surface area contributed by atoms with Gasteiger partial charge in [-0.25, -0.2) is 9.37 Å². The van der Waals surface area contributed by atoms with Crippen molar-refractivity contribution in [2.24, 2.45) is 5.73 Å². The van der Waals surface area contributed by atoms with Crippen LogP contribution in [0, 0.1) is 5.82 Å². The Morgan fingerprint density at radius 1 is 1.00 bits per heavy atom. The molecule has 2 aliphatic heterocycles. The average Bonchev–Trinajstić information content (AvgIpc) is 3.33. The number of carbonyl (C=O) groups excluding carboxylic acids is 2. The predicted octanol–water partition coefficient (Wildman–Crippen LogP) is 5.19. The third-order valence-corrected chi connectivity index (χ3v) is 7.99. The number of quaternary nitrogens is 1. The number of amides is 2. The topological polar surface area (TPSA) is 104 Å². The maximum Gasteiger partial charge on any atom is 0.255 e. The van der Waals surface area contributed by atoms with Crippen LogP contribution >= 0.6 is 0 Å². The van der Waals surface area contributed by atoms with Crippen molar-refractivity contribution in [1.29, 1.82) is 0 Å². The molecule has 2 aliphatic rings. The largest absolute Gasteiger partial charge is 0.486 e. The van der Waals surface area contributed by atoms with E-state index in [0.717, 1.165) is 36.0 Å². The van der Waals surface area contributed by atoms with Crippen molar-refractivity contribution >= 4 is 34.1 Å². The summed E-state index contributed by atoms with van der Waals surface area (Å²) in [5.74, 6) is 0.0117. The zero-order chi connectivity index (χ0) is 27.9. The van der Waals surface area contributed by atoms with Crippen LogP contribution in [-0.2, 0) is 6.54 Å². The molecule has 3 heterocycles. The third-order valence-electron chi connectivity index (χ3n) is 7.99. The monoisotopic (exact) mass is 541 g/mol. The number of aromatic nitrogens is 1. The molecule has 0 saturated carbocycles. The van der Waals surface area contributed by atoms with Gasteiger partial charge in [-0.05, 0) is 61.5 Å². The molecular weight excluding hydrogens is 511 g/mol. The number of fused-ring (bicyclic) bond motifs is 2. The van der Waals surface area contributed by atoms with Crippen LogP contribution in [0.4, 0.5) is 15.8 Å². The maximum atomic E-state index is 15.5. The highest BCUT2D eigenvalue weighted by Gasteiger charge is 2.43. The lowest BCUT2D eigenvalue weighted by molar-refractivity contribution is 0.0997. The molecule has 1 fully saturated rings. The third kappa shape index (κ3) is 4.73. The lowest BCUT2D eigenvalue weighted by atomic mass is 10.1. The number of likely N-dealkylation sites (tertiary alicyclic amines) is 1. The lowest BCUT2D eigenvalue weighted by Gasteiger charge is -2.38. The van der Waals surface area contributed by atoms with E-state index < -0.39 is 5.91 Å². The van der Waals surface area contributed by atoms with Gasteiger partial charge in [-0.2, -0.15) is 0 Å². The molecule has 0 aliphatic carbocycles. The number of nitrogens with one attached hydrogen (secondary N) is 1. The first-order valence-corrected chi connectivity index (χ1v) is 13.4. The van der Waals surface area contributed by atoms with Crippen LogP contribution in [0.3, 0.4) is 0 Å². The summed E-state index contributed by atoms with van der Waals surface area (Å²) in [6.45, 7) is 4.27. The molecule has 2 atom stereocenters. The van der Waals surface area contributed by atoms with Gasteiger partial charge >= 0.3 is 0 Å². The molecule has 6 rings (SSSR count). The molecule has 204 valence electrons. The van der Waals surface area contributed by atoms with Crippen molar-refractivity contribution in [3.8, 4) is 11.5 Å². The van der Waals surface area contributed by atoms with E-state index in [1.807, 2.05) is 12.1 Å². The molecule has 2 unspecified atom stereocenters. The van der Waals surface area contributed by atoms with Crippen LogP contribution in [0.25, 0.3) is 10.9 Å². The Morgan fingerprint density at radius 2 is 1.80 bits per heavy atom. The predicted molar refractivity (Wildman–Crippen MR) is 151 cm³/mol. The molecular formula is C31H30FN4O4+. The van der Waals surface area contributed by atoms with E-state index in [2.05, 4.69) is 12.2 Å².